The second-order valence-electron chi connectivity index (χ2n) is 13.3. The highest BCUT2D eigenvalue weighted by Gasteiger charge is 2.60. The van der Waals surface area contributed by atoms with Crippen LogP contribution in [-0.2, 0) is 0 Å². The molecule has 4 aliphatic carbocycles. The smallest absolute Gasteiger partial charge is 0.0543 e. The third-order valence-electron chi connectivity index (χ3n) is 11.8. The summed E-state index contributed by atoms with van der Waals surface area (Å²) in [4.78, 5) is 0. The molecule has 0 aromatic heterocycles. The van der Waals surface area contributed by atoms with Crippen molar-refractivity contribution >= 4 is 0 Å². The molecule has 4 fully saturated rings. The topological polar surface area (TPSA) is 20.2 Å². The molecule has 0 aliphatic heterocycles. The Balaban J connectivity index is 1.42. The first-order chi connectivity index (χ1) is 14.8. The largest absolute Gasteiger partial charge is 0.393 e. The van der Waals surface area contributed by atoms with Crippen molar-refractivity contribution < 1.29 is 5.11 Å². The van der Waals surface area contributed by atoms with Crippen LogP contribution in [0.5, 0.6) is 0 Å². The second-order valence-corrected chi connectivity index (χ2v) is 13.3. The third kappa shape index (κ3) is 4.40. The zero-order valence-corrected chi connectivity index (χ0v) is 21.7. The monoisotopic (exact) mass is 430 g/mol. The van der Waals surface area contributed by atoms with Gasteiger partial charge in [-0.2, -0.15) is 0 Å². The van der Waals surface area contributed by atoms with E-state index in [1.54, 1.807) is 0 Å². The summed E-state index contributed by atoms with van der Waals surface area (Å²) in [5.74, 6) is 6.60. The molecule has 1 heteroatoms. The van der Waals surface area contributed by atoms with E-state index >= 15 is 0 Å². The van der Waals surface area contributed by atoms with E-state index in [-0.39, 0.29) is 6.10 Å². The van der Waals surface area contributed by atoms with E-state index < -0.39 is 0 Å². The molecule has 0 saturated heterocycles. The maximum absolute atomic E-state index is 10.3. The zero-order chi connectivity index (χ0) is 22.2. The molecule has 4 aliphatic rings. The van der Waals surface area contributed by atoms with Crippen molar-refractivity contribution in [2.24, 2.45) is 52.3 Å². The van der Waals surface area contributed by atoms with Gasteiger partial charge in [-0.15, -0.1) is 0 Å². The molecule has 0 aromatic carbocycles. The molecule has 0 amide bonds. The van der Waals surface area contributed by atoms with Gasteiger partial charge in [0.2, 0.25) is 0 Å². The maximum atomic E-state index is 10.3. The number of hydrogen-bond donors (Lipinski definition) is 1. The summed E-state index contributed by atoms with van der Waals surface area (Å²) in [6.45, 7) is 12.7. The Labute approximate surface area is 194 Å². The Morgan fingerprint density at radius 3 is 2.16 bits per heavy atom. The molecule has 9 atom stereocenters. The summed E-state index contributed by atoms with van der Waals surface area (Å²) in [7, 11) is 0. The van der Waals surface area contributed by atoms with Gasteiger partial charge in [-0.1, -0.05) is 73.1 Å². The van der Waals surface area contributed by atoms with Gasteiger partial charge in [0.1, 0.15) is 0 Å². The normalized spacial score (nSPS) is 45.8. The molecular formula is C30H54O. The lowest BCUT2D eigenvalue weighted by Crippen LogP contribution is -2.54. The lowest BCUT2D eigenvalue weighted by Gasteiger charge is -2.61. The standard InChI is InChI=1S/C30H54O/c1-6-8-22(9-7-2)11-10-21(3)26-14-15-27-25-13-12-23-20-24(31)16-18-29(23,4)28(25)17-19-30(26,27)5/h21-28,31H,6-20H2,1-5H3/t21-,23?,24+,25+,26-,27+,28+,29+,30-/m1/s1. The summed E-state index contributed by atoms with van der Waals surface area (Å²) in [6, 6.07) is 0. The van der Waals surface area contributed by atoms with Crippen LogP contribution >= 0.6 is 0 Å². The average Bonchev–Trinajstić information content (AvgIpc) is 3.10. The fraction of sp³-hybridized carbons (Fsp3) is 1.00. The number of fused-ring (bicyclic) bond motifs is 5. The molecule has 0 radical (unpaired) electrons. The molecule has 1 nitrogen and oxygen atoms in total. The predicted octanol–water partition coefficient (Wildman–Crippen LogP) is 8.64. The van der Waals surface area contributed by atoms with Gasteiger partial charge >= 0.3 is 0 Å². The first kappa shape index (κ1) is 24.1. The van der Waals surface area contributed by atoms with Crippen LogP contribution in [0.1, 0.15) is 131 Å². The van der Waals surface area contributed by atoms with Crippen molar-refractivity contribution in [2.75, 3.05) is 0 Å². The van der Waals surface area contributed by atoms with Crippen LogP contribution in [0, 0.1) is 52.3 Å². The van der Waals surface area contributed by atoms with E-state index in [9.17, 15) is 5.11 Å². The summed E-state index contributed by atoms with van der Waals surface area (Å²) in [5, 5.41) is 10.3. The Bertz CT molecular complexity index is 579. The van der Waals surface area contributed by atoms with Crippen LogP contribution in [0.2, 0.25) is 0 Å². The molecule has 0 spiro atoms. The summed E-state index contributed by atoms with van der Waals surface area (Å²) >= 11 is 0. The number of hydrogen-bond acceptors (Lipinski definition) is 1. The maximum Gasteiger partial charge on any atom is 0.0543 e. The third-order valence-corrected chi connectivity index (χ3v) is 11.8. The van der Waals surface area contributed by atoms with E-state index in [0.717, 1.165) is 54.3 Å². The first-order valence-electron chi connectivity index (χ1n) is 14.5. The molecule has 1 unspecified atom stereocenters. The fourth-order valence-electron chi connectivity index (χ4n) is 10.2. The zero-order valence-electron chi connectivity index (χ0n) is 21.7. The van der Waals surface area contributed by atoms with Gasteiger partial charge in [0.25, 0.3) is 0 Å². The van der Waals surface area contributed by atoms with Crippen molar-refractivity contribution in [1.82, 2.24) is 0 Å². The summed E-state index contributed by atoms with van der Waals surface area (Å²) in [5.41, 5.74) is 1.14. The first-order valence-corrected chi connectivity index (χ1v) is 14.5. The van der Waals surface area contributed by atoms with Crippen LogP contribution in [0.25, 0.3) is 0 Å². The van der Waals surface area contributed by atoms with Crippen LogP contribution in [0.3, 0.4) is 0 Å². The lowest BCUT2D eigenvalue weighted by atomic mass is 9.44. The molecular weight excluding hydrogens is 376 g/mol. The van der Waals surface area contributed by atoms with Crippen molar-refractivity contribution in [3.8, 4) is 0 Å². The molecule has 4 saturated carbocycles. The van der Waals surface area contributed by atoms with Gasteiger partial charge in [-0.05, 0) is 110 Å². The minimum atomic E-state index is -0.00978. The Kier molecular flexibility index (Phi) is 7.52. The number of aliphatic hydroxyl groups is 1. The SMILES string of the molecule is CCCC(CCC)CC[C@@H](C)[C@H]1CC[C@H]2[C@@H]3CCC4C[C@@H](O)CC[C@]4(C)[C@H]3CC[C@]12C. The van der Waals surface area contributed by atoms with E-state index in [1.165, 1.54) is 83.5 Å². The van der Waals surface area contributed by atoms with E-state index in [2.05, 4.69) is 34.6 Å². The van der Waals surface area contributed by atoms with E-state index in [4.69, 9.17) is 0 Å². The molecule has 1 N–H and O–H groups in total. The second kappa shape index (κ2) is 9.68. The van der Waals surface area contributed by atoms with Gasteiger partial charge in [-0.3, -0.25) is 0 Å². The van der Waals surface area contributed by atoms with Gasteiger partial charge in [0.05, 0.1) is 6.10 Å². The molecule has 0 aromatic rings. The van der Waals surface area contributed by atoms with Crippen LogP contribution < -0.4 is 0 Å². The highest BCUT2D eigenvalue weighted by atomic mass is 16.3. The Morgan fingerprint density at radius 1 is 0.774 bits per heavy atom. The van der Waals surface area contributed by atoms with Gasteiger partial charge < -0.3 is 5.11 Å². The van der Waals surface area contributed by atoms with Crippen molar-refractivity contribution in [1.29, 1.82) is 0 Å². The fourth-order valence-corrected chi connectivity index (χ4v) is 10.2. The molecule has 180 valence electrons. The van der Waals surface area contributed by atoms with Crippen molar-refractivity contribution in [2.45, 2.75) is 137 Å². The number of aliphatic hydroxyl groups excluding tert-OH is 1. The lowest BCUT2D eigenvalue weighted by molar-refractivity contribution is -0.129. The Morgan fingerprint density at radius 2 is 1.45 bits per heavy atom. The van der Waals surface area contributed by atoms with E-state index in [1.807, 2.05) is 0 Å². The molecule has 0 bridgehead atoms. The van der Waals surface area contributed by atoms with Gasteiger partial charge in [0.15, 0.2) is 0 Å². The molecule has 31 heavy (non-hydrogen) atoms. The minimum absolute atomic E-state index is 0.00978. The van der Waals surface area contributed by atoms with Crippen molar-refractivity contribution in [3.05, 3.63) is 0 Å². The van der Waals surface area contributed by atoms with Gasteiger partial charge in [-0.25, -0.2) is 0 Å². The minimum Gasteiger partial charge on any atom is -0.393 e. The Hall–Kier alpha value is -0.0400. The van der Waals surface area contributed by atoms with Gasteiger partial charge in [0, 0.05) is 0 Å². The summed E-state index contributed by atoms with van der Waals surface area (Å²) in [6.07, 6.45) is 20.9. The van der Waals surface area contributed by atoms with Crippen molar-refractivity contribution in [3.63, 3.8) is 0 Å². The average molecular weight is 431 g/mol. The predicted molar refractivity (Wildman–Crippen MR) is 133 cm³/mol. The molecule has 4 rings (SSSR count). The highest BCUT2D eigenvalue weighted by molar-refractivity contribution is 5.09. The molecule has 0 heterocycles. The summed E-state index contributed by atoms with van der Waals surface area (Å²) < 4.78 is 0. The highest BCUT2D eigenvalue weighted by Crippen LogP contribution is 2.68. The quantitative estimate of drug-likeness (QED) is 0.408. The number of rotatable bonds is 8. The van der Waals surface area contributed by atoms with Crippen LogP contribution in [0.15, 0.2) is 0 Å². The van der Waals surface area contributed by atoms with Crippen LogP contribution in [-0.4, -0.2) is 11.2 Å². The van der Waals surface area contributed by atoms with E-state index in [0.29, 0.717) is 10.8 Å². The van der Waals surface area contributed by atoms with Crippen LogP contribution in [0.4, 0.5) is 0 Å².